The van der Waals surface area contributed by atoms with Crippen LogP contribution in [0.15, 0.2) is 47.1 Å². The van der Waals surface area contributed by atoms with Crippen molar-refractivity contribution in [3.05, 3.63) is 64.1 Å². The van der Waals surface area contributed by atoms with Gasteiger partial charge in [0, 0.05) is 30.6 Å². The number of carbonyl (C=O) groups is 2. The summed E-state index contributed by atoms with van der Waals surface area (Å²) in [5.41, 5.74) is -0.322. The minimum absolute atomic E-state index is 0.0236. The van der Waals surface area contributed by atoms with E-state index in [4.69, 9.17) is 4.42 Å². The van der Waals surface area contributed by atoms with Crippen LogP contribution in [0, 0.1) is 16.0 Å². The average Bonchev–Trinajstić information content (AvgIpc) is 3.26. The minimum Gasteiger partial charge on any atom is -0.459 e. The van der Waals surface area contributed by atoms with Gasteiger partial charge >= 0.3 is 6.18 Å². The van der Waals surface area contributed by atoms with Crippen LogP contribution < -0.4 is 0 Å². The molecule has 0 unspecified atom stereocenters. The molecular weight excluding hydrogens is 419 g/mol. The zero-order valence-electron chi connectivity index (χ0n) is 16.4. The van der Waals surface area contributed by atoms with Crippen LogP contribution >= 0.6 is 0 Å². The Kier molecular flexibility index (Phi) is 6.62. The fourth-order valence-electron chi connectivity index (χ4n) is 3.60. The molecule has 0 atom stereocenters. The van der Waals surface area contributed by atoms with Crippen LogP contribution in [0.5, 0.6) is 0 Å². The van der Waals surface area contributed by atoms with Crippen LogP contribution in [0.4, 0.5) is 18.9 Å². The molecular formula is C20H20F3N3O5. The highest BCUT2D eigenvalue weighted by atomic mass is 19.4. The first kappa shape index (κ1) is 22.3. The second-order valence-electron chi connectivity index (χ2n) is 7.24. The molecule has 1 saturated heterocycles. The van der Waals surface area contributed by atoms with Gasteiger partial charge in [-0.1, -0.05) is 18.2 Å². The SMILES string of the molecule is O=C(c1ccco1)N1CCC(C(=O)N(Cc2ccccc2[N+](=O)[O-])CC(F)(F)F)CC1. The highest BCUT2D eigenvalue weighted by Crippen LogP contribution is 2.27. The number of hydrogen-bond acceptors (Lipinski definition) is 5. The summed E-state index contributed by atoms with van der Waals surface area (Å²) in [5.74, 6) is -1.64. The molecule has 0 radical (unpaired) electrons. The van der Waals surface area contributed by atoms with E-state index < -0.39 is 36.0 Å². The van der Waals surface area contributed by atoms with Gasteiger partial charge in [-0.05, 0) is 25.0 Å². The number of benzene rings is 1. The Morgan fingerprint density at radius 2 is 1.84 bits per heavy atom. The van der Waals surface area contributed by atoms with Gasteiger partial charge in [-0.25, -0.2) is 0 Å². The average molecular weight is 439 g/mol. The van der Waals surface area contributed by atoms with Crippen molar-refractivity contribution in [2.24, 2.45) is 5.92 Å². The Morgan fingerprint density at radius 3 is 2.42 bits per heavy atom. The summed E-state index contributed by atoms with van der Waals surface area (Å²) in [6, 6.07) is 8.48. The molecule has 0 saturated carbocycles. The van der Waals surface area contributed by atoms with Crippen molar-refractivity contribution in [3.63, 3.8) is 0 Å². The Hall–Kier alpha value is -3.37. The van der Waals surface area contributed by atoms with Crippen molar-refractivity contribution in [2.75, 3.05) is 19.6 Å². The Balaban J connectivity index is 1.71. The molecule has 1 aliphatic heterocycles. The standard InChI is InChI=1S/C20H20F3N3O5/c21-20(22,23)13-25(12-15-4-1-2-5-16(15)26(29)30)18(27)14-7-9-24(10-8-14)19(28)17-6-3-11-31-17/h1-6,11,14H,7-10,12-13H2. The van der Waals surface area contributed by atoms with Gasteiger partial charge in [0.1, 0.15) is 6.54 Å². The van der Waals surface area contributed by atoms with Crippen molar-refractivity contribution in [1.82, 2.24) is 9.80 Å². The van der Waals surface area contributed by atoms with Gasteiger partial charge in [0.25, 0.3) is 11.6 Å². The number of halogens is 3. The number of rotatable bonds is 6. The van der Waals surface area contributed by atoms with Gasteiger partial charge in [0.2, 0.25) is 5.91 Å². The van der Waals surface area contributed by atoms with Gasteiger partial charge in [0.15, 0.2) is 5.76 Å². The molecule has 1 fully saturated rings. The number of piperidine rings is 1. The number of carbonyl (C=O) groups excluding carboxylic acids is 2. The molecule has 0 N–H and O–H groups in total. The lowest BCUT2D eigenvalue weighted by Crippen LogP contribution is -2.46. The first-order valence-corrected chi connectivity index (χ1v) is 9.56. The van der Waals surface area contributed by atoms with Crippen LogP contribution in [-0.4, -0.2) is 52.3 Å². The zero-order chi connectivity index (χ0) is 22.6. The third-order valence-corrected chi connectivity index (χ3v) is 5.09. The summed E-state index contributed by atoms with van der Waals surface area (Å²) in [5, 5.41) is 11.2. The molecule has 31 heavy (non-hydrogen) atoms. The Bertz CT molecular complexity index is 938. The van der Waals surface area contributed by atoms with E-state index in [0.29, 0.717) is 4.90 Å². The largest absolute Gasteiger partial charge is 0.459 e. The number of nitro benzene ring substituents is 1. The smallest absolute Gasteiger partial charge is 0.406 e. The summed E-state index contributed by atoms with van der Waals surface area (Å²) >= 11 is 0. The van der Waals surface area contributed by atoms with Gasteiger partial charge < -0.3 is 14.2 Å². The molecule has 2 aromatic rings. The third kappa shape index (κ3) is 5.62. The molecule has 11 heteroatoms. The number of nitrogens with zero attached hydrogens (tertiary/aromatic N) is 3. The van der Waals surface area contributed by atoms with Gasteiger partial charge in [-0.2, -0.15) is 13.2 Å². The Morgan fingerprint density at radius 1 is 1.16 bits per heavy atom. The number of hydrogen-bond donors (Lipinski definition) is 0. The molecule has 3 rings (SSSR count). The molecule has 2 amide bonds. The highest BCUT2D eigenvalue weighted by Gasteiger charge is 2.37. The predicted molar refractivity (Wildman–Crippen MR) is 102 cm³/mol. The van der Waals surface area contributed by atoms with Crippen LogP contribution in [0.25, 0.3) is 0 Å². The second-order valence-corrected chi connectivity index (χ2v) is 7.24. The first-order chi connectivity index (χ1) is 14.7. The molecule has 0 aliphatic carbocycles. The molecule has 166 valence electrons. The normalized spacial score (nSPS) is 15.0. The maximum absolute atomic E-state index is 13.1. The lowest BCUT2D eigenvalue weighted by atomic mass is 9.94. The van der Waals surface area contributed by atoms with Crippen LogP contribution in [-0.2, 0) is 11.3 Å². The zero-order valence-corrected chi connectivity index (χ0v) is 16.4. The van der Waals surface area contributed by atoms with E-state index in [0.717, 1.165) is 0 Å². The molecule has 0 bridgehead atoms. The quantitative estimate of drug-likeness (QED) is 0.506. The van der Waals surface area contributed by atoms with Gasteiger partial charge in [0.05, 0.1) is 17.7 Å². The van der Waals surface area contributed by atoms with Crippen molar-refractivity contribution < 1.29 is 32.1 Å². The summed E-state index contributed by atoms with van der Waals surface area (Å²) in [7, 11) is 0. The van der Waals surface area contributed by atoms with Gasteiger partial charge in [-0.3, -0.25) is 19.7 Å². The molecule has 1 aliphatic rings. The lowest BCUT2D eigenvalue weighted by molar-refractivity contribution is -0.385. The third-order valence-electron chi connectivity index (χ3n) is 5.09. The van der Waals surface area contributed by atoms with Crippen LogP contribution in [0.1, 0.15) is 29.0 Å². The van der Waals surface area contributed by atoms with E-state index in [1.54, 1.807) is 6.07 Å². The molecule has 1 aromatic heterocycles. The summed E-state index contributed by atoms with van der Waals surface area (Å²) in [6.45, 7) is -1.65. The predicted octanol–water partition coefficient (Wildman–Crippen LogP) is 3.63. The fraction of sp³-hybridized carbons (Fsp3) is 0.400. The highest BCUT2D eigenvalue weighted by molar-refractivity contribution is 5.91. The van der Waals surface area contributed by atoms with Crippen molar-refractivity contribution in [3.8, 4) is 0 Å². The molecule has 1 aromatic carbocycles. The van der Waals surface area contributed by atoms with Crippen molar-refractivity contribution in [2.45, 2.75) is 25.6 Å². The van der Waals surface area contributed by atoms with Crippen molar-refractivity contribution >= 4 is 17.5 Å². The number of para-hydroxylation sites is 1. The number of alkyl halides is 3. The van der Waals surface area contributed by atoms with E-state index in [1.807, 2.05) is 0 Å². The maximum Gasteiger partial charge on any atom is 0.406 e. The van der Waals surface area contributed by atoms with E-state index >= 15 is 0 Å². The topological polar surface area (TPSA) is 96.9 Å². The second kappa shape index (κ2) is 9.19. The van der Waals surface area contributed by atoms with E-state index in [1.165, 1.54) is 41.5 Å². The summed E-state index contributed by atoms with van der Waals surface area (Å²) in [4.78, 5) is 37.8. The van der Waals surface area contributed by atoms with Gasteiger partial charge in [-0.15, -0.1) is 0 Å². The van der Waals surface area contributed by atoms with Crippen LogP contribution in [0.2, 0.25) is 0 Å². The number of likely N-dealkylation sites (tertiary alicyclic amines) is 1. The molecule has 0 spiro atoms. The Labute approximate surface area is 175 Å². The minimum atomic E-state index is -4.66. The maximum atomic E-state index is 13.1. The van der Waals surface area contributed by atoms with Crippen molar-refractivity contribution in [1.29, 1.82) is 0 Å². The van der Waals surface area contributed by atoms with Crippen LogP contribution in [0.3, 0.4) is 0 Å². The molecule has 8 nitrogen and oxygen atoms in total. The fourth-order valence-corrected chi connectivity index (χ4v) is 3.60. The summed E-state index contributed by atoms with van der Waals surface area (Å²) in [6.07, 6.45) is -2.91. The van der Waals surface area contributed by atoms with E-state index in [9.17, 15) is 32.9 Å². The molecule has 2 heterocycles. The number of furan rings is 1. The summed E-state index contributed by atoms with van der Waals surface area (Å²) < 4.78 is 44.5. The monoisotopic (exact) mass is 439 g/mol. The number of amides is 2. The van der Waals surface area contributed by atoms with E-state index in [2.05, 4.69) is 0 Å². The lowest BCUT2D eigenvalue weighted by Gasteiger charge is -2.34. The first-order valence-electron chi connectivity index (χ1n) is 9.56. The van der Waals surface area contributed by atoms with E-state index in [-0.39, 0.29) is 48.8 Å². The number of nitro groups is 1.